The van der Waals surface area contributed by atoms with Crippen molar-refractivity contribution in [1.29, 1.82) is 0 Å². The number of imidazole rings is 1. The normalized spacial score (nSPS) is 23.1. The zero-order valence-corrected chi connectivity index (χ0v) is 24.0. The van der Waals surface area contributed by atoms with Gasteiger partial charge < -0.3 is 31.1 Å². The maximum atomic E-state index is 11.9. The minimum absolute atomic E-state index is 0. The van der Waals surface area contributed by atoms with Crippen LogP contribution in [0.4, 0.5) is 16.6 Å². The second-order valence-electron chi connectivity index (χ2n) is 10.9. The second kappa shape index (κ2) is 13.8. The highest BCUT2D eigenvalue weighted by atomic mass is 35.5. The van der Waals surface area contributed by atoms with Gasteiger partial charge in [0.1, 0.15) is 0 Å². The van der Waals surface area contributed by atoms with Gasteiger partial charge in [-0.25, -0.2) is 9.78 Å². The minimum Gasteiger partial charge on any atom is -0.365 e. The van der Waals surface area contributed by atoms with E-state index in [9.17, 15) is 4.79 Å². The first-order valence-corrected chi connectivity index (χ1v) is 13.7. The molecule has 1 aliphatic heterocycles. The average molecular weight is 573 g/mol. The Labute approximate surface area is 237 Å². The van der Waals surface area contributed by atoms with Crippen LogP contribution in [0.5, 0.6) is 0 Å². The summed E-state index contributed by atoms with van der Waals surface area (Å²) in [6, 6.07) is 1.37. The molecule has 3 fully saturated rings. The molecule has 0 bridgehead atoms. The monoisotopic (exact) mass is 571 g/mol. The number of piperidine rings is 1. The zero-order chi connectivity index (χ0) is 25.1. The van der Waals surface area contributed by atoms with Gasteiger partial charge in [-0.05, 0) is 65.2 Å². The van der Waals surface area contributed by atoms with Crippen LogP contribution >= 0.6 is 24.8 Å². The average Bonchev–Trinajstić information content (AvgIpc) is 3.51. The van der Waals surface area contributed by atoms with E-state index >= 15 is 0 Å². The van der Waals surface area contributed by atoms with Crippen LogP contribution in [0.3, 0.4) is 0 Å². The van der Waals surface area contributed by atoms with Crippen LogP contribution in [0.2, 0.25) is 0 Å². The Morgan fingerprint density at radius 1 is 0.974 bits per heavy atom. The number of hydrogen-bond acceptors (Lipinski definition) is 9. The van der Waals surface area contributed by atoms with Crippen LogP contribution in [-0.2, 0) is 4.84 Å². The smallest absolute Gasteiger partial charge is 0.365 e. The van der Waals surface area contributed by atoms with Gasteiger partial charge in [0.2, 0.25) is 5.95 Å². The highest BCUT2D eigenvalue weighted by Gasteiger charge is 2.27. The van der Waals surface area contributed by atoms with Crippen molar-refractivity contribution >= 4 is 53.8 Å². The summed E-state index contributed by atoms with van der Waals surface area (Å²) >= 11 is 0. The minimum atomic E-state index is -0.397. The standard InChI is InChI=1S/C25H41N9O2.2ClH/c1-16(2)28-25(35)36-33-13-11-19(12-14-33)29-22-21-23(34(15-27-21)20-5-3-4-6-20)32-24(31-22)30-18-9-7-17(26)8-10-18;;/h15-20H,3-14,26H2,1-2H3,(H,28,35)(H2,29,30,31,32);2*1H. The van der Waals surface area contributed by atoms with Crippen molar-refractivity contribution in [1.82, 2.24) is 29.9 Å². The predicted molar refractivity (Wildman–Crippen MR) is 154 cm³/mol. The summed E-state index contributed by atoms with van der Waals surface area (Å²) < 4.78 is 2.25. The quantitative estimate of drug-likeness (QED) is 0.381. The van der Waals surface area contributed by atoms with Gasteiger partial charge in [0.05, 0.1) is 6.33 Å². The Bertz CT molecular complexity index is 1030. The SMILES string of the molecule is CC(C)NC(=O)ON1CCC(Nc2nc(NC3CCC(N)CC3)nc3c2ncn3C2CCCC2)CC1.Cl.Cl. The van der Waals surface area contributed by atoms with Crippen molar-refractivity contribution in [3.05, 3.63) is 6.33 Å². The molecule has 5 rings (SSSR count). The van der Waals surface area contributed by atoms with Crippen molar-refractivity contribution in [2.24, 2.45) is 5.73 Å². The molecule has 2 aliphatic carbocycles. The molecule has 5 N–H and O–H groups in total. The number of hydroxylamine groups is 2. The Morgan fingerprint density at radius 3 is 2.29 bits per heavy atom. The van der Waals surface area contributed by atoms with E-state index < -0.39 is 6.09 Å². The molecule has 11 nitrogen and oxygen atoms in total. The summed E-state index contributed by atoms with van der Waals surface area (Å²) in [4.78, 5) is 32.0. The third kappa shape index (κ3) is 7.52. The lowest BCUT2D eigenvalue weighted by Crippen LogP contribution is -2.43. The molecule has 3 aliphatic rings. The Hall–Kier alpha value is -2.08. The molecule has 1 amide bonds. The molecule has 38 heavy (non-hydrogen) atoms. The van der Waals surface area contributed by atoms with Crippen LogP contribution in [0.1, 0.15) is 84.1 Å². The molecular weight excluding hydrogens is 529 g/mol. The molecule has 0 radical (unpaired) electrons. The number of nitrogens with two attached hydrogens (primary N) is 1. The largest absolute Gasteiger partial charge is 0.426 e. The number of nitrogens with one attached hydrogen (secondary N) is 3. The first-order chi connectivity index (χ1) is 17.4. The van der Waals surface area contributed by atoms with Crippen molar-refractivity contribution < 1.29 is 9.63 Å². The Balaban J connectivity index is 0.00000200. The number of anilines is 2. The molecule has 2 aromatic heterocycles. The lowest BCUT2D eigenvalue weighted by molar-refractivity contribution is -0.112. The topological polar surface area (TPSA) is 135 Å². The maximum absolute atomic E-state index is 11.9. The number of hydrogen-bond donors (Lipinski definition) is 4. The van der Waals surface area contributed by atoms with Gasteiger partial charge in [-0.1, -0.05) is 12.8 Å². The van der Waals surface area contributed by atoms with E-state index in [0.717, 1.165) is 55.5 Å². The zero-order valence-electron chi connectivity index (χ0n) is 22.4. The van der Waals surface area contributed by atoms with Gasteiger partial charge in [0, 0.05) is 43.3 Å². The molecule has 0 spiro atoms. The van der Waals surface area contributed by atoms with E-state index in [1.54, 1.807) is 5.06 Å². The predicted octanol–water partition coefficient (Wildman–Crippen LogP) is 4.39. The van der Waals surface area contributed by atoms with E-state index in [0.29, 0.717) is 37.2 Å². The fourth-order valence-electron chi connectivity index (χ4n) is 5.64. The second-order valence-corrected chi connectivity index (χ2v) is 10.9. The Morgan fingerprint density at radius 2 is 1.63 bits per heavy atom. The van der Waals surface area contributed by atoms with Gasteiger partial charge in [-0.3, -0.25) is 0 Å². The molecular formula is C25H43Cl2N9O2. The summed E-state index contributed by atoms with van der Waals surface area (Å²) in [6.45, 7) is 5.17. The molecule has 3 heterocycles. The number of halogens is 2. The van der Waals surface area contributed by atoms with Gasteiger partial charge in [-0.15, -0.1) is 29.9 Å². The molecule has 214 valence electrons. The van der Waals surface area contributed by atoms with Crippen molar-refractivity contribution in [2.45, 2.75) is 108 Å². The Kier molecular flexibility index (Phi) is 11.1. The number of amides is 1. The fraction of sp³-hybridized carbons (Fsp3) is 0.760. The lowest BCUT2D eigenvalue weighted by atomic mass is 9.92. The summed E-state index contributed by atoms with van der Waals surface area (Å²) in [5.74, 6) is 1.44. The van der Waals surface area contributed by atoms with Crippen LogP contribution in [0.25, 0.3) is 11.2 Å². The fourth-order valence-corrected chi connectivity index (χ4v) is 5.64. The van der Waals surface area contributed by atoms with Crippen LogP contribution < -0.4 is 21.7 Å². The van der Waals surface area contributed by atoms with Gasteiger partial charge in [0.15, 0.2) is 17.0 Å². The number of fused-ring (bicyclic) bond motifs is 1. The first kappa shape index (κ1) is 30.5. The third-order valence-electron chi connectivity index (χ3n) is 7.66. The van der Waals surface area contributed by atoms with E-state index in [4.69, 9.17) is 25.5 Å². The number of rotatable bonds is 7. The van der Waals surface area contributed by atoms with Crippen molar-refractivity contribution in [3.8, 4) is 0 Å². The molecule has 13 heteroatoms. The summed E-state index contributed by atoms with van der Waals surface area (Å²) in [5.41, 5.74) is 7.84. The van der Waals surface area contributed by atoms with Gasteiger partial charge >= 0.3 is 6.09 Å². The molecule has 2 aromatic rings. The van der Waals surface area contributed by atoms with E-state index in [-0.39, 0.29) is 36.9 Å². The molecule has 2 saturated carbocycles. The number of nitrogens with zero attached hydrogens (tertiary/aromatic N) is 5. The van der Waals surface area contributed by atoms with Crippen molar-refractivity contribution in [3.63, 3.8) is 0 Å². The summed E-state index contributed by atoms with van der Waals surface area (Å²) in [7, 11) is 0. The molecule has 0 atom stereocenters. The highest BCUT2D eigenvalue weighted by molar-refractivity contribution is 5.86. The molecule has 0 unspecified atom stereocenters. The van der Waals surface area contributed by atoms with E-state index in [1.807, 2.05) is 20.2 Å². The highest BCUT2D eigenvalue weighted by Crippen LogP contribution is 2.33. The van der Waals surface area contributed by atoms with Crippen LogP contribution in [0, 0.1) is 0 Å². The molecule has 1 saturated heterocycles. The van der Waals surface area contributed by atoms with Gasteiger partial charge in [0.25, 0.3) is 0 Å². The van der Waals surface area contributed by atoms with Crippen LogP contribution in [0.15, 0.2) is 6.33 Å². The van der Waals surface area contributed by atoms with Crippen molar-refractivity contribution in [2.75, 3.05) is 23.7 Å². The number of carbonyl (C=O) groups excluding carboxylic acids is 1. The number of carbonyl (C=O) groups is 1. The third-order valence-corrected chi connectivity index (χ3v) is 7.66. The van der Waals surface area contributed by atoms with E-state index in [1.165, 1.54) is 25.7 Å². The molecule has 0 aromatic carbocycles. The maximum Gasteiger partial charge on any atom is 0.426 e. The first-order valence-electron chi connectivity index (χ1n) is 13.7. The van der Waals surface area contributed by atoms with E-state index in [2.05, 4.69) is 20.5 Å². The van der Waals surface area contributed by atoms with Crippen LogP contribution in [-0.4, -0.2) is 67.9 Å². The number of aromatic nitrogens is 4. The summed E-state index contributed by atoms with van der Waals surface area (Å²) in [5, 5.41) is 11.7. The van der Waals surface area contributed by atoms with Gasteiger partial charge in [-0.2, -0.15) is 9.97 Å². The summed E-state index contributed by atoms with van der Waals surface area (Å²) in [6.07, 6.45) is 12.2. The lowest BCUT2D eigenvalue weighted by Gasteiger charge is -2.31.